The second kappa shape index (κ2) is 14.4. The van der Waals surface area contributed by atoms with Gasteiger partial charge in [0.1, 0.15) is 0 Å². The van der Waals surface area contributed by atoms with Crippen molar-refractivity contribution in [2.75, 3.05) is 11.9 Å². The zero-order valence-corrected chi connectivity index (χ0v) is 26.5. The monoisotopic (exact) mass is 571 g/mol. The van der Waals surface area contributed by atoms with E-state index >= 15 is 0 Å². The van der Waals surface area contributed by atoms with Crippen LogP contribution in [-0.2, 0) is 0 Å². The maximum Gasteiger partial charge on any atom is 0.0488 e. The van der Waals surface area contributed by atoms with Crippen LogP contribution >= 0.6 is 0 Å². The van der Waals surface area contributed by atoms with E-state index in [4.69, 9.17) is 0 Å². The summed E-state index contributed by atoms with van der Waals surface area (Å²) >= 11 is 0. The number of hydrogen-bond acceptors (Lipinski definition) is 1. The molecule has 0 saturated heterocycles. The second-order valence-corrected chi connectivity index (χ2v) is 10.7. The number of nitrogens with zero attached hydrogens (tertiary/aromatic N) is 1. The third kappa shape index (κ3) is 6.43. The molecule has 7 rings (SSSR count). The van der Waals surface area contributed by atoms with Crippen LogP contribution in [0.15, 0.2) is 158 Å². The van der Waals surface area contributed by atoms with Gasteiger partial charge in [-0.2, -0.15) is 0 Å². The van der Waals surface area contributed by atoms with Gasteiger partial charge in [0, 0.05) is 23.8 Å². The first-order chi connectivity index (χ1) is 21.6. The summed E-state index contributed by atoms with van der Waals surface area (Å²) in [7, 11) is 2.15. The van der Waals surface area contributed by atoms with Crippen LogP contribution in [-0.4, -0.2) is 7.05 Å². The Morgan fingerprint density at radius 3 is 1.34 bits per heavy atom. The molecule has 44 heavy (non-hydrogen) atoms. The van der Waals surface area contributed by atoms with Crippen LogP contribution in [0.1, 0.15) is 25.0 Å². The van der Waals surface area contributed by atoms with Crippen molar-refractivity contribution in [3.8, 4) is 22.3 Å². The SMILES string of the molecule is CC.Cc1ccc(-c2ccccc2)c2ccccc12.Cc1ccccc1N(C)c1ccc(-c2ccccc2)c2ccccc12. The van der Waals surface area contributed by atoms with Crippen molar-refractivity contribution in [1.29, 1.82) is 0 Å². The van der Waals surface area contributed by atoms with Crippen LogP contribution in [0.2, 0.25) is 0 Å². The summed E-state index contributed by atoms with van der Waals surface area (Å²) in [6, 6.07) is 55.8. The minimum Gasteiger partial charge on any atom is -0.344 e. The van der Waals surface area contributed by atoms with Crippen LogP contribution < -0.4 is 4.90 Å². The molecule has 0 aliphatic rings. The highest BCUT2D eigenvalue weighted by Gasteiger charge is 2.13. The van der Waals surface area contributed by atoms with Gasteiger partial charge in [0.15, 0.2) is 0 Å². The van der Waals surface area contributed by atoms with E-state index in [1.807, 2.05) is 13.8 Å². The predicted molar refractivity (Wildman–Crippen MR) is 194 cm³/mol. The molecule has 0 atom stereocenters. The van der Waals surface area contributed by atoms with Crippen molar-refractivity contribution in [2.24, 2.45) is 0 Å². The number of rotatable bonds is 4. The van der Waals surface area contributed by atoms with E-state index in [-0.39, 0.29) is 0 Å². The fourth-order valence-corrected chi connectivity index (χ4v) is 5.83. The highest BCUT2D eigenvalue weighted by Crippen LogP contribution is 2.37. The Hall–Kier alpha value is -5.14. The van der Waals surface area contributed by atoms with Gasteiger partial charge in [0.2, 0.25) is 0 Å². The molecule has 0 fully saturated rings. The number of fused-ring (bicyclic) bond motifs is 2. The Kier molecular flexibility index (Phi) is 9.89. The maximum absolute atomic E-state index is 2.28. The smallest absolute Gasteiger partial charge is 0.0488 e. The van der Waals surface area contributed by atoms with Gasteiger partial charge in [-0.25, -0.2) is 0 Å². The lowest BCUT2D eigenvalue weighted by Gasteiger charge is -2.24. The molecule has 0 aliphatic carbocycles. The molecule has 0 aliphatic heterocycles. The van der Waals surface area contributed by atoms with Crippen molar-refractivity contribution < 1.29 is 0 Å². The van der Waals surface area contributed by atoms with Gasteiger partial charge in [-0.05, 0) is 75.5 Å². The minimum absolute atomic E-state index is 1.23. The summed E-state index contributed by atoms with van der Waals surface area (Å²) < 4.78 is 0. The topological polar surface area (TPSA) is 3.24 Å². The Balaban J connectivity index is 0.000000176. The van der Waals surface area contributed by atoms with Gasteiger partial charge in [0.05, 0.1) is 0 Å². The Morgan fingerprint density at radius 1 is 0.341 bits per heavy atom. The summed E-state index contributed by atoms with van der Waals surface area (Å²) in [6.07, 6.45) is 0. The number of para-hydroxylation sites is 1. The van der Waals surface area contributed by atoms with Crippen LogP contribution in [0.3, 0.4) is 0 Å². The molecular weight excluding hydrogens is 530 g/mol. The molecule has 7 aromatic carbocycles. The van der Waals surface area contributed by atoms with Crippen molar-refractivity contribution in [1.82, 2.24) is 0 Å². The van der Waals surface area contributed by atoms with Crippen molar-refractivity contribution in [3.63, 3.8) is 0 Å². The van der Waals surface area contributed by atoms with Gasteiger partial charge in [0.25, 0.3) is 0 Å². The van der Waals surface area contributed by atoms with Crippen LogP contribution in [0.5, 0.6) is 0 Å². The predicted octanol–water partition coefficient (Wildman–Crippen LogP) is 12.4. The summed E-state index contributed by atoms with van der Waals surface area (Å²) in [4.78, 5) is 2.28. The third-order valence-electron chi connectivity index (χ3n) is 8.05. The summed E-state index contributed by atoms with van der Waals surface area (Å²) in [5.74, 6) is 0. The van der Waals surface area contributed by atoms with E-state index in [2.05, 4.69) is 184 Å². The van der Waals surface area contributed by atoms with Crippen LogP contribution in [0.25, 0.3) is 43.8 Å². The molecule has 0 unspecified atom stereocenters. The zero-order valence-electron chi connectivity index (χ0n) is 26.5. The number of benzene rings is 7. The van der Waals surface area contributed by atoms with E-state index in [9.17, 15) is 0 Å². The van der Waals surface area contributed by atoms with E-state index in [0.29, 0.717) is 0 Å². The number of hydrogen-bond donors (Lipinski definition) is 0. The van der Waals surface area contributed by atoms with E-state index in [0.717, 1.165) is 0 Å². The van der Waals surface area contributed by atoms with Gasteiger partial charge < -0.3 is 4.90 Å². The molecule has 0 spiro atoms. The highest BCUT2D eigenvalue weighted by atomic mass is 15.1. The summed E-state index contributed by atoms with van der Waals surface area (Å²) in [5.41, 5.74) is 10.2. The lowest BCUT2D eigenvalue weighted by molar-refractivity contribution is 1.20. The van der Waals surface area contributed by atoms with Gasteiger partial charge in [-0.3, -0.25) is 0 Å². The lowest BCUT2D eigenvalue weighted by Crippen LogP contribution is -2.11. The molecular formula is C43H41N. The standard InChI is InChI=1S/C24H21N.C17H14.C2H6/c1-18-10-6-9-15-23(18)25(2)24-17-16-20(19-11-4-3-5-12-19)21-13-7-8-14-22(21)24;1-13-11-12-16(14-7-3-2-4-8-14)17-10-6-5-9-15(13)17;1-2/h3-17H,1-2H3;2-12H,1H3;1-2H3. The first-order valence-corrected chi connectivity index (χ1v) is 15.5. The second-order valence-electron chi connectivity index (χ2n) is 10.7. The van der Waals surface area contributed by atoms with Crippen molar-refractivity contribution in [3.05, 3.63) is 169 Å². The first kappa shape index (κ1) is 30.3. The number of aryl methyl sites for hydroxylation is 2. The fraction of sp³-hybridized carbons (Fsp3) is 0.116. The fourth-order valence-electron chi connectivity index (χ4n) is 5.83. The molecule has 0 amide bonds. The molecule has 1 nitrogen and oxygen atoms in total. The summed E-state index contributed by atoms with van der Waals surface area (Å²) in [6.45, 7) is 8.32. The molecule has 0 saturated carbocycles. The Bertz CT molecular complexity index is 1960. The first-order valence-electron chi connectivity index (χ1n) is 15.5. The maximum atomic E-state index is 2.28. The van der Waals surface area contributed by atoms with Crippen molar-refractivity contribution >= 4 is 32.9 Å². The van der Waals surface area contributed by atoms with E-state index < -0.39 is 0 Å². The molecule has 0 bridgehead atoms. The average Bonchev–Trinajstić information content (AvgIpc) is 3.10. The van der Waals surface area contributed by atoms with Gasteiger partial charge >= 0.3 is 0 Å². The third-order valence-corrected chi connectivity index (χ3v) is 8.05. The average molecular weight is 572 g/mol. The van der Waals surface area contributed by atoms with E-state index in [1.165, 1.54) is 66.3 Å². The van der Waals surface area contributed by atoms with Gasteiger partial charge in [-0.1, -0.05) is 159 Å². The highest BCUT2D eigenvalue weighted by molar-refractivity contribution is 6.04. The molecule has 7 aromatic rings. The largest absolute Gasteiger partial charge is 0.344 e. The summed E-state index contributed by atoms with van der Waals surface area (Å²) in [5, 5.41) is 5.23. The molecule has 1 heteroatoms. The van der Waals surface area contributed by atoms with Crippen LogP contribution in [0, 0.1) is 13.8 Å². The van der Waals surface area contributed by atoms with Crippen molar-refractivity contribution in [2.45, 2.75) is 27.7 Å². The molecule has 0 heterocycles. The zero-order chi connectivity index (χ0) is 30.9. The molecule has 0 radical (unpaired) electrons. The van der Waals surface area contributed by atoms with E-state index in [1.54, 1.807) is 0 Å². The Morgan fingerprint density at radius 2 is 0.773 bits per heavy atom. The number of anilines is 2. The van der Waals surface area contributed by atoms with Gasteiger partial charge in [-0.15, -0.1) is 0 Å². The van der Waals surface area contributed by atoms with Crippen LogP contribution in [0.4, 0.5) is 11.4 Å². The molecule has 0 N–H and O–H groups in total. The minimum atomic E-state index is 1.23. The molecule has 0 aromatic heterocycles. The molecule has 218 valence electrons. The lowest BCUT2D eigenvalue weighted by atomic mass is 9.96. The normalized spacial score (nSPS) is 10.4. The Labute approximate surface area is 263 Å². The quantitative estimate of drug-likeness (QED) is 0.203.